The molecule has 122 valence electrons. The maximum absolute atomic E-state index is 5.62. The minimum Gasteiger partial charge on any atom is -0.351 e. The highest BCUT2D eigenvalue weighted by Gasteiger charge is 2.19. The van der Waals surface area contributed by atoms with E-state index in [-0.39, 0.29) is 6.17 Å². The number of hydrogen-bond donors (Lipinski definition) is 1. The molecule has 0 aliphatic carbocycles. The van der Waals surface area contributed by atoms with Crippen molar-refractivity contribution in [2.45, 2.75) is 6.17 Å². The van der Waals surface area contributed by atoms with Crippen molar-refractivity contribution in [3.05, 3.63) is 96.1 Å². The van der Waals surface area contributed by atoms with E-state index in [9.17, 15) is 0 Å². The largest absolute Gasteiger partial charge is 0.351 e. The molecular formula is C20H16N4S. The first kappa shape index (κ1) is 15.5. The zero-order valence-electron chi connectivity index (χ0n) is 13.4. The number of fused-ring (bicyclic) bond motifs is 1. The average Bonchev–Trinajstić information content (AvgIpc) is 3.11. The fraction of sp³-hybridized carbons (Fsp3) is 0.0500. The smallest absolute Gasteiger partial charge is 0.149 e. The topological polar surface area (TPSA) is 42.7 Å². The second kappa shape index (κ2) is 6.83. The highest BCUT2D eigenvalue weighted by Crippen LogP contribution is 2.21. The van der Waals surface area contributed by atoms with Gasteiger partial charge in [-0.2, -0.15) is 0 Å². The molecule has 1 aromatic heterocycles. The SMILES string of the molecule is S=C(NC(c1ccccc1)n1nnc2ccccc21)c1ccccc1. The number of benzene rings is 3. The summed E-state index contributed by atoms with van der Waals surface area (Å²) in [6, 6.07) is 28.0. The molecular weight excluding hydrogens is 328 g/mol. The number of thiocarbonyl (C=S) groups is 1. The van der Waals surface area contributed by atoms with Crippen molar-refractivity contribution in [1.29, 1.82) is 0 Å². The highest BCUT2D eigenvalue weighted by atomic mass is 32.1. The first-order valence-electron chi connectivity index (χ1n) is 8.04. The molecule has 1 unspecified atom stereocenters. The van der Waals surface area contributed by atoms with Gasteiger partial charge < -0.3 is 5.32 Å². The van der Waals surface area contributed by atoms with Crippen LogP contribution in [0.4, 0.5) is 0 Å². The molecule has 0 amide bonds. The summed E-state index contributed by atoms with van der Waals surface area (Å²) in [7, 11) is 0. The van der Waals surface area contributed by atoms with Crippen molar-refractivity contribution in [2.75, 3.05) is 0 Å². The molecule has 0 radical (unpaired) electrons. The maximum atomic E-state index is 5.62. The van der Waals surface area contributed by atoms with Gasteiger partial charge in [0.05, 0.1) is 5.52 Å². The van der Waals surface area contributed by atoms with Crippen molar-refractivity contribution in [1.82, 2.24) is 20.3 Å². The molecule has 4 nitrogen and oxygen atoms in total. The molecule has 4 aromatic rings. The van der Waals surface area contributed by atoms with Crippen LogP contribution in [0.3, 0.4) is 0 Å². The van der Waals surface area contributed by atoms with Gasteiger partial charge in [0.1, 0.15) is 16.7 Å². The van der Waals surface area contributed by atoms with Gasteiger partial charge >= 0.3 is 0 Å². The fourth-order valence-corrected chi connectivity index (χ4v) is 3.04. The molecule has 1 N–H and O–H groups in total. The first-order chi connectivity index (χ1) is 12.3. The predicted molar refractivity (Wildman–Crippen MR) is 103 cm³/mol. The van der Waals surface area contributed by atoms with E-state index in [4.69, 9.17) is 12.2 Å². The zero-order valence-corrected chi connectivity index (χ0v) is 14.2. The Hall–Kier alpha value is -3.05. The van der Waals surface area contributed by atoms with Crippen LogP contribution in [0, 0.1) is 0 Å². The van der Waals surface area contributed by atoms with Crippen molar-refractivity contribution < 1.29 is 0 Å². The summed E-state index contributed by atoms with van der Waals surface area (Å²) in [6.07, 6.45) is -0.235. The van der Waals surface area contributed by atoms with E-state index < -0.39 is 0 Å². The third-order valence-corrected chi connectivity index (χ3v) is 4.39. The number of rotatable bonds is 4. The van der Waals surface area contributed by atoms with Gasteiger partial charge in [0.25, 0.3) is 0 Å². The van der Waals surface area contributed by atoms with Crippen LogP contribution < -0.4 is 5.32 Å². The van der Waals surface area contributed by atoms with Crippen LogP contribution in [0.1, 0.15) is 17.3 Å². The van der Waals surface area contributed by atoms with Gasteiger partial charge in [0.2, 0.25) is 0 Å². The van der Waals surface area contributed by atoms with Gasteiger partial charge in [0, 0.05) is 5.56 Å². The third kappa shape index (κ3) is 3.14. The van der Waals surface area contributed by atoms with E-state index in [0.29, 0.717) is 4.99 Å². The lowest BCUT2D eigenvalue weighted by Gasteiger charge is -2.21. The Morgan fingerprint density at radius 1 is 0.840 bits per heavy atom. The molecule has 1 atom stereocenters. The lowest BCUT2D eigenvalue weighted by molar-refractivity contribution is 0.497. The standard InChI is InChI=1S/C20H16N4S/c25-20(16-11-5-2-6-12-16)21-19(15-9-3-1-4-10-15)24-18-14-8-7-13-17(18)22-23-24/h1-14,19H,(H,21,25). The van der Waals surface area contributed by atoms with Crippen LogP contribution in [-0.2, 0) is 0 Å². The summed E-state index contributed by atoms with van der Waals surface area (Å²) >= 11 is 5.62. The summed E-state index contributed by atoms with van der Waals surface area (Å²) in [5, 5.41) is 12.1. The molecule has 0 bridgehead atoms. The van der Waals surface area contributed by atoms with Crippen molar-refractivity contribution in [3.63, 3.8) is 0 Å². The summed E-state index contributed by atoms with van der Waals surface area (Å²) in [4.78, 5) is 0.675. The number of hydrogen-bond acceptors (Lipinski definition) is 3. The Kier molecular flexibility index (Phi) is 4.23. The van der Waals surface area contributed by atoms with Gasteiger partial charge in [-0.15, -0.1) is 5.10 Å². The molecule has 3 aromatic carbocycles. The second-order valence-electron chi connectivity index (χ2n) is 5.68. The lowest BCUT2D eigenvalue weighted by Crippen LogP contribution is -2.33. The average molecular weight is 344 g/mol. The normalized spacial score (nSPS) is 12.0. The van der Waals surface area contributed by atoms with Gasteiger partial charge in [-0.3, -0.25) is 0 Å². The summed E-state index contributed by atoms with van der Waals surface area (Å²) in [5.41, 5.74) is 3.86. The summed E-state index contributed by atoms with van der Waals surface area (Å²) in [6.45, 7) is 0. The van der Waals surface area contributed by atoms with Crippen molar-refractivity contribution in [3.8, 4) is 0 Å². The number of aromatic nitrogens is 3. The Bertz CT molecular complexity index is 996. The minimum atomic E-state index is -0.235. The van der Waals surface area contributed by atoms with E-state index in [1.54, 1.807) is 0 Å². The lowest BCUT2D eigenvalue weighted by atomic mass is 10.1. The Balaban J connectivity index is 1.76. The molecule has 0 saturated carbocycles. The van der Waals surface area contributed by atoms with Crippen LogP contribution in [0.5, 0.6) is 0 Å². The Morgan fingerprint density at radius 3 is 2.24 bits per heavy atom. The summed E-state index contributed by atoms with van der Waals surface area (Å²) < 4.78 is 1.87. The van der Waals surface area contributed by atoms with E-state index >= 15 is 0 Å². The second-order valence-corrected chi connectivity index (χ2v) is 6.08. The van der Waals surface area contributed by atoms with Crippen molar-refractivity contribution >= 4 is 28.2 Å². The Labute approximate surface area is 151 Å². The van der Waals surface area contributed by atoms with E-state index in [2.05, 4.69) is 27.8 Å². The van der Waals surface area contributed by atoms with Gasteiger partial charge in [-0.25, -0.2) is 4.68 Å². The van der Waals surface area contributed by atoms with Crippen molar-refractivity contribution in [2.24, 2.45) is 0 Å². The first-order valence-corrected chi connectivity index (χ1v) is 8.44. The van der Waals surface area contributed by atoms with Crippen LogP contribution >= 0.6 is 12.2 Å². The Morgan fingerprint density at radius 2 is 1.48 bits per heavy atom. The van der Waals surface area contributed by atoms with E-state index in [1.165, 1.54) is 0 Å². The molecule has 25 heavy (non-hydrogen) atoms. The molecule has 0 aliphatic rings. The molecule has 1 heterocycles. The summed E-state index contributed by atoms with van der Waals surface area (Å²) in [5.74, 6) is 0. The fourth-order valence-electron chi connectivity index (χ4n) is 2.80. The third-order valence-electron chi connectivity index (χ3n) is 4.04. The maximum Gasteiger partial charge on any atom is 0.149 e. The number of nitrogens with zero attached hydrogens (tertiary/aromatic N) is 3. The molecule has 0 aliphatic heterocycles. The van der Waals surface area contributed by atoms with E-state index in [0.717, 1.165) is 22.2 Å². The van der Waals surface area contributed by atoms with Crippen LogP contribution in [0.15, 0.2) is 84.9 Å². The predicted octanol–water partition coefficient (Wildman–Crippen LogP) is 3.94. The quantitative estimate of drug-likeness (QED) is 0.569. The zero-order chi connectivity index (χ0) is 17.1. The van der Waals surface area contributed by atoms with Crippen LogP contribution in [-0.4, -0.2) is 20.0 Å². The van der Waals surface area contributed by atoms with Gasteiger partial charge in [-0.1, -0.05) is 90.2 Å². The van der Waals surface area contributed by atoms with E-state index in [1.807, 2.05) is 77.5 Å². The number of nitrogens with one attached hydrogen (secondary N) is 1. The highest BCUT2D eigenvalue weighted by molar-refractivity contribution is 7.80. The van der Waals surface area contributed by atoms with Crippen LogP contribution in [0.2, 0.25) is 0 Å². The molecule has 0 spiro atoms. The molecule has 4 rings (SSSR count). The molecule has 5 heteroatoms. The van der Waals surface area contributed by atoms with Gasteiger partial charge in [0.15, 0.2) is 0 Å². The molecule has 0 saturated heterocycles. The van der Waals surface area contributed by atoms with Crippen LogP contribution in [0.25, 0.3) is 11.0 Å². The molecule has 0 fully saturated rings. The monoisotopic (exact) mass is 344 g/mol. The minimum absolute atomic E-state index is 0.235. The van der Waals surface area contributed by atoms with Gasteiger partial charge in [-0.05, 0) is 17.7 Å². The number of para-hydroxylation sites is 1.